The van der Waals surface area contributed by atoms with Gasteiger partial charge >= 0.3 is 0 Å². The van der Waals surface area contributed by atoms with E-state index in [1.165, 1.54) is 37.9 Å². The largest absolute Gasteiger partial charge is 0.305 e. The summed E-state index contributed by atoms with van der Waals surface area (Å²) in [5.74, 6) is -0.663. The van der Waals surface area contributed by atoms with Crippen molar-refractivity contribution in [1.82, 2.24) is 9.97 Å². The van der Waals surface area contributed by atoms with E-state index in [1.807, 2.05) is 43.3 Å². The minimum Gasteiger partial charge on any atom is -0.305 e. The van der Waals surface area contributed by atoms with Crippen molar-refractivity contribution in [3.05, 3.63) is 173 Å². The van der Waals surface area contributed by atoms with Crippen molar-refractivity contribution in [2.75, 3.05) is 0 Å². The number of aromatic nitrogens is 2. The second-order valence-corrected chi connectivity index (χ2v) is 21.0. The van der Waals surface area contributed by atoms with Gasteiger partial charge in [-0.2, -0.15) is 11.3 Å². The second-order valence-electron chi connectivity index (χ2n) is 15.0. The summed E-state index contributed by atoms with van der Waals surface area (Å²) in [7, 11) is -1.27. The fourth-order valence-corrected chi connectivity index (χ4v) is 10.1. The van der Waals surface area contributed by atoms with E-state index in [4.69, 9.17) is 2.74 Å². The normalized spacial score (nSPS) is 12.3. The zero-order valence-corrected chi connectivity index (χ0v) is 35.8. The Bertz CT molecular complexity index is 2940. The first-order chi connectivity index (χ1) is 26.8. The average Bonchev–Trinajstić information content (AvgIpc) is 3.55. The number of nitrogens with zero attached hydrogens (tertiary/aromatic N) is 2. The van der Waals surface area contributed by atoms with Crippen LogP contribution in [-0.2, 0) is 26.5 Å². The van der Waals surface area contributed by atoms with Crippen LogP contribution in [0.2, 0.25) is 19.6 Å². The molecule has 1 radical (unpaired) electrons. The van der Waals surface area contributed by atoms with E-state index in [-0.39, 0.29) is 25.7 Å². The van der Waals surface area contributed by atoms with Gasteiger partial charge in [0.1, 0.15) is 5.82 Å². The van der Waals surface area contributed by atoms with Crippen molar-refractivity contribution in [2.24, 2.45) is 0 Å². The fourth-order valence-electron chi connectivity index (χ4n) is 7.16. The maximum Gasteiger partial charge on any atom is 0.143 e. The average molecular weight is 931 g/mol. The quantitative estimate of drug-likeness (QED) is 0.0976. The smallest absolute Gasteiger partial charge is 0.143 e. The maximum absolute atomic E-state index is 15.1. The number of fused-ring (bicyclic) bond motifs is 6. The van der Waals surface area contributed by atoms with Gasteiger partial charge < -0.3 is 9.97 Å². The molecular weight excluding hydrogens is 888 g/mol. The molecule has 3 aromatic heterocycles. The van der Waals surface area contributed by atoms with Gasteiger partial charge in [-0.15, -0.1) is 59.7 Å². The molecule has 0 spiro atoms. The van der Waals surface area contributed by atoms with Crippen molar-refractivity contribution < 1.29 is 27.2 Å². The monoisotopic (exact) mass is 931 g/mol. The summed E-state index contributed by atoms with van der Waals surface area (Å²) in [6, 6.07) is 44.8. The first kappa shape index (κ1) is 35.8. The van der Waals surface area contributed by atoms with Crippen LogP contribution >= 0.6 is 11.3 Å². The molecule has 0 unspecified atom stereocenters. The number of thiophene rings is 1. The van der Waals surface area contributed by atoms with Gasteiger partial charge in [0.25, 0.3) is 0 Å². The minimum absolute atomic E-state index is 0. The number of rotatable bonds is 5. The van der Waals surface area contributed by atoms with Crippen LogP contribution in [0.25, 0.3) is 64.2 Å². The van der Waals surface area contributed by atoms with E-state index < -0.39 is 20.3 Å². The van der Waals surface area contributed by atoms with Gasteiger partial charge in [0.2, 0.25) is 0 Å². The molecule has 0 aliphatic heterocycles. The zero-order chi connectivity index (χ0) is 39.4. The first-order valence-electron chi connectivity index (χ1n) is 19.2. The summed E-state index contributed by atoms with van der Waals surface area (Å²) in [6.07, 6.45) is 1.17. The van der Waals surface area contributed by atoms with Crippen LogP contribution in [0.5, 0.6) is 0 Å². The molecule has 9 aromatic rings. The van der Waals surface area contributed by atoms with Crippen molar-refractivity contribution in [3.63, 3.8) is 0 Å². The standard InChI is InChI=1S/C34H23FNS.C15H18NSi.Ir/c1-20-10-11-22-12-13-24-16-30-26-8-5-9-27(34(26)37-33(30)18-29(24)28(22)14-20)32-17-25(31(35)19-36-32)15-23-7-4-3-6-21(23)2;1-12-10-14(13-8-6-5-7-9-13)16-11-15(12)17(2,3)4;/h3-8,10-14,16-19H,15H2,1-2H3;5-8,10-11H,1-4H3;/q2*-1;/i15D2;;. The first-order valence-corrected chi connectivity index (χ1v) is 22.5. The Kier molecular flexibility index (Phi) is 10.2. The predicted molar refractivity (Wildman–Crippen MR) is 231 cm³/mol. The van der Waals surface area contributed by atoms with E-state index in [2.05, 4.69) is 122 Å². The van der Waals surface area contributed by atoms with E-state index >= 15 is 4.39 Å². The zero-order valence-electron chi connectivity index (χ0n) is 33.6. The third-order valence-corrected chi connectivity index (χ3v) is 13.3. The number of benzene rings is 6. The Hall–Kier alpha value is -4.84. The number of hydrogen-bond acceptors (Lipinski definition) is 3. The van der Waals surface area contributed by atoms with Gasteiger partial charge in [-0.05, 0) is 104 Å². The summed E-state index contributed by atoms with van der Waals surface area (Å²) in [5.41, 5.74) is 7.11. The molecule has 0 saturated carbocycles. The molecule has 0 bridgehead atoms. The number of aryl methyl sites for hydroxylation is 3. The second kappa shape index (κ2) is 15.7. The van der Waals surface area contributed by atoms with E-state index in [9.17, 15) is 0 Å². The number of pyridine rings is 2. The number of hydrogen-bond donors (Lipinski definition) is 0. The van der Waals surface area contributed by atoms with Gasteiger partial charge in [-0.3, -0.25) is 0 Å². The van der Waals surface area contributed by atoms with Gasteiger partial charge in [0.15, 0.2) is 0 Å². The van der Waals surface area contributed by atoms with Crippen molar-refractivity contribution in [2.45, 2.75) is 46.8 Å². The van der Waals surface area contributed by atoms with Crippen LogP contribution in [0.1, 0.15) is 30.6 Å². The molecule has 6 heteroatoms. The molecule has 0 aliphatic rings. The van der Waals surface area contributed by atoms with Gasteiger partial charge in [-0.25, -0.2) is 4.39 Å². The molecule has 0 amide bonds. The molecule has 55 heavy (non-hydrogen) atoms. The Morgan fingerprint density at radius 2 is 1.42 bits per heavy atom. The third kappa shape index (κ3) is 7.83. The third-order valence-electron chi connectivity index (χ3n) is 9.97. The fraction of sp³-hybridized carbons (Fsp3) is 0.143. The van der Waals surface area contributed by atoms with Crippen LogP contribution in [0, 0.1) is 38.7 Å². The van der Waals surface area contributed by atoms with Crippen LogP contribution in [-0.4, -0.2) is 18.0 Å². The number of halogens is 1. The van der Waals surface area contributed by atoms with Crippen molar-refractivity contribution in [3.8, 4) is 22.5 Å². The van der Waals surface area contributed by atoms with Crippen LogP contribution < -0.4 is 5.19 Å². The maximum atomic E-state index is 15.1. The summed E-state index contributed by atoms with van der Waals surface area (Å²) in [4.78, 5) is 8.98. The van der Waals surface area contributed by atoms with Gasteiger partial charge in [0, 0.05) is 33.7 Å². The molecule has 9 rings (SSSR count). The van der Waals surface area contributed by atoms with Crippen LogP contribution in [0.3, 0.4) is 0 Å². The Balaban J connectivity index is 0.000000232. The Labute approximate surface area is 344 Å². The molecule has 6 aromatic carbocycles. The summed E-state index contributed by atoms with van der Waals surface area (Å²) >= 11 is 1.67. The Morgan fingerprint density at radius 1 is 0.673 bits per heavy atom. The van der Waals surface area contributed by atoms with E-state index in [0.29, 0.717) is 11.3 Å². The SMILES string of the molecule is Cc1cc(-c2[c-]cccc2)ncc1[Si](C)(C)C.[2H]C([2H])(c1ccccc1C)c1cc(-c2[c-]ccc3c2sc2cc4c(ccc5ccc(C)cc54)cc23)ncc1F.[Ir]. The van der Waals surface area contributed by atoms with Gasteiger partial charge in [0.05, 0.1) is 14.3 Å². The molecule has 0 aliphatic carbocycles. The van der Waals surface area contributed by atoms with Crippen molar-refractivity contribution in [1.29, 1.82) is 0 Å². The summed E-state index contributed by atoms with van der Waals surface area (Å²) < 4.78 is 35.0. The summed E-state index contributed by atoms with van der Waals surface area (Å²) in [5, 5.41) is 8.54. The molecular formula is C49H41FIrN2SSi-2. The minimum atomic E-state index is -2.02. The van der Waals surface area contributed by atoms with Crippen LogP contribution in [0.4, 0.5) is 4.39 Å². The summed E-state index contributed by atoms with van der Waals surface area (Å²) in [6.45, 7) is 13.2. The molecule has 0 atom stereocenters. The molecule has 275 valence electrons. The van der Waals surface area contributed by atoms with E-state index in [1.54, 1.807) is 29.5 Å². The molecule has 0 N–H and O–H groups in total. The molecule has 3 heterocycles. The predicted octanol–water partition coefficient (Wildman–Crippen LogP) is 13.0. The topological polar surface area (TPSA) is 25.8 Å². The Morgan fingerprint density at radius 3 is 2.18 bits per heavy atom. The van der Waals surface area contributed by atoms with E-state index in [0.717, 1.165) is 48.8 Å². The molecule has 0 fully saturated rings. The molecule has 2 nitrogen and oxygen atoms in total. The molecule has 0 saturated heterocycles. The van der Waals surface area contributed by atoms with Gasteiger partial charge in [-0.1, -0.05) is 103 Å². The van der Waals surface area contributed by atoms with Crippen LogP contribution in [0.15, 0.2) is 128 Å². The van der Waals surface area contributed by atoms with Crippen molar-refractivity contribution >= 4 is 66.3 Å².